The molecule has 0 aromatic carbocycles. The number of carbonyl (C=O) groups is 1. The van der Waals surface area contributed by atoms with Gasteiger partial charge in [-0.1, -0.05) is 0 Å². The molecule has 1 atom stereocenters. The van der Waals surface area contributed by atoms with Crippen molar-refractivity contribution in [3.8, 4) is 0 Å². The van der Waals surface area contributed by atoms with E-state index < -0.39 is 0 Å². The Labute approximate surface area is 65.1 Å². The first kappa shape index (κ1) is 8.49. The largest absolute Gasteiger partial charge is 0.460 e. The van der Waals surface area contributed by atoms with Gasteiger partial charge in [0.2, 0.25) is 0 Å². The van der Waals surface area contributed by atoms with Crippen LogP contribution in [-0.4, -0.2) is 37.0 Å². The highest BCUT2D eigenvalue weighted by molar-refractivity contribution is 5.71. The second kappa shape index (κ2) is 4.31. The summed E-state index contributed by atoms with van der Waals surface area (Å²) in [6.45, 7) is 0.737. The minimum atomic E-state index is -0.150. The van der Waals surface area contributed by atoms with Gasteiger partial charge in [0, 0.05) is 6.42 Å². The second-order valence-corrected chi connectivity index (χ2v) is 2.45. The van der Waals surface area contributed by atoms with Gasteiger partial charge in [-0.15, -0.1) is 0 Å². The number of aliphatic hydroxyl groups is 1. The van der Waals surface area contributed by atoms with Crippen LogP contribution in [0.4, 0.5) is 0 Å². The Morgan fingerprint density at radius 2 is 2.55 bits per heavy atom. The molecule has 0 amide bonds. The van der Waals surface area contributed by atoms with Crippen LogP contribution in [0.1, 0.15) is 12.8 Å². The molecule has 11 heavy (non-hydrogen) atoms. The number of hydrogen-bond acceptors (Lipinski definition) is 4. The fourth-order valence-electron chi connectivity index (χ4n) is 0.979. The van der Waals surface area contributed by atoms with E-state index in [-0.39, 0.29) is 18.7 Å². The van der Waals surface area contributed by atoms with E-state index in [0.29, 0.717) is 19.6 Å². The van der Waals surface area contributed by atoms with Crippen molar-refractivity contribution >= 4 is 5.97 Å². The normalized spacial score (nSPS) is 23.7. The number of hydrogen-bond donors (Lipinski definition) is 1. The van der Waals surface area contributed by atoms with Gasteiger partial charge in [0.05, 0.1) is 19.8 Å². The van der Waals surface area contributed by atoms with Gasteiger partial charge in [0.15, 0.2) is 0 Å². The lowest BCUT2D eigenvalue weighted by molar-refractivity contribution is -0.143. The van der Waals surface area contributed by atoms with E-state index in [0.717, 1.165) is 6.42 Å². The van der Waals surface area contributed by atoms with E-state index in [9.17, 15) is 4.79 Å². The van der Waals surface area contributed by atoms with Crippen molar-refractivity contribution in [2.24, 2.45) is 0 Å². The molecule has 4 nitrogen and oxygen atoms in total. The molecule has 1 aliphatic heterocycles. The van der Waals surface area contributed by atoms with Crippen LogP contribution in [0.25, 0.3) is 0 Å². The first-order chi connectivity index (χ1) is 5.33. The summed E-state index contributed by atoms with van der Waals surface area (Å²) >= 11 is 0. The number of carbonyl (C=O) groups excluding carboxylic acids is 1. The number of esters is 1. The predicted octanol–water partition coefficient (Wildman–Crippen LogP) is -0.299. The number of rotatable bonds is 4. The standard InChI is InChI=1S/C7H12O4/c8-3-4-10-5-6-1-2-7(9)11-6/h6,8H,1-5H2. The number of ether oxygens (including phenoxy) is 2. The summed E-state index contributed by atoms with van der Waals surface area (Å²) in [5, 5.41) is 8.36. The zero-order valence-corrected chi connectivity index (χ0v) is 6.28. The van der Waals surface area contributed by atoms with Crippen molar-refractivity contribution in [3.05, 3.63) is 0 Å². The summed E-state index contributed by atoms with van der Waals surface area (Å²) in [4.78, 5) is 10.6. The average molecular weight is 160 g/mol. The smallest absolute Gasteiger partial charge is 0.306 e. The van der Waals surface area contributed by atoms with Gasteiger partial charge in [-0.3, -0.25) is 4.79 Å². The molecule has 1 heterocycles. The Balaban J connectivity index is 2.04. The molecule has 1 saturated heterocycles. The Hall–Kier alpha value is -0.610. The molecule has 4 heteroatoms. The second-order valence-electron chi connectivity index (χ2n) is 2.45. The van der Waals surface area contributed by atoms with E-state index in [4.69, 9.17) is 14.6 Å². The van der Waals surface area contributed by atoms with Gasteiger partial charge < -0.3 is 14.6 Å². The Bertz CT molecular complexity index is 134. The first-order valence-corrected chi connectivity index (χ1v) is 3.71. The zero-order valence-electron chi connectivity index (χ0n) is 6.28. The number of cyclic esters (lactones) is 1. The van der Waals surface area contributed by atoms with Crippen LogP contribution in [-0.2, 0) is 14.3 Å². The SMILES string of the molecule is O=C1CCC(COCCO)O1. The molecule has 64 valence electrons. The Kier molecular flexibility index (Phi) is 3.32. The summed E-state index contributed by atoms with van der Waals surface area (Å²) < 4.78 is 9.85. The van der Waals surface area contributed by atoms with Crippen LogP contribution in [0, 0.1) is 0 Å². The van der Waals surface area contributed by atoms with Crippen molar-refractivity contribution in [2.75, 3.05) is 19.8 Å². The fourth-order valence-corrected chi connectivity index (χ4v) is 0.979. The van der Waals surface area contributed by atoms with E-state index >= 15 is 0 Å². The number of aliphatic hydroxyl groups excluding tert-OH is 1. The van der Waals surface area contributed by atoms with E-state index in [2.05, 4.69) is 0 Å². The topological polar surface area (TPSA) is 55.8 Å². The average Bonchev–Trinajstić information content (AvgIpc) is 2.37. The summed E-state index contributed by atoms with van der Waals surface area (Å²) in [5.41, 5.74) is 0. The molecular weight excluding hydrogens is 148 g/mol. The molecule has 0 bridgehead atoms. The maximum Gasteiger partial charge on any atom is 0.306 e. The quantitative estimate of drug-likeness (QED) is 0.453. The monoisotopic (exact) mass is 160 g/mol. The molecular formula is C7H12O4. The maximum absolute atomic E-state index is 10.6. The van der Waals surface area contributed by atoms with Crippen molar-refractivity contribution in [1.82, 2.24) is 0 Å². The molecule has 0 saturated carbocycles. The van der Waals surface area contributed by atoms with Crippen LogP contribution in [0.5, 0.6) is 0 Å². The highest BCUT2D eigenvalue weighted by atomic mass is 16.6. The molecule has 0 aromatic rings. The molecule has 1 N–H and O–H groups in total. The van der Waals surface area contributed by atoms with Crippen molar-refractivity contribution in [1.29, 1.82) is 0 Å². The van der Waals surface area contributed by atoms with Crippen LogP contribution in [0.2, 0.25) is 0 Å². The minimum absolute atomic E-state index is 0.0146. The third-order valence-corrected chi connectivity index (χ3v) is 1.51. The van der Waals surface area contributed by atoms with Crippen molar-refractivity contribution in [3.63, 3.8) is 0 Å². The van der Waals surface area contributed by atoms with Crippen LogP contribution >= 0.6 is 0 Å². The summed E-state index contributed by atoms with van der Waals surface area (Å²) in [6, 6.07) is 0. The molecule has 1 rings (SSSR count). The summed E-state index contributed by atoms with van der Waals surface area (Å²) in [7, 11) is 0. The highest BCUT2D eigenvalue weighted by Gasteiger charge is 2.22. The van der Waals surface area contributed by atoms with Gasteiger partial charge in [-0.05, 0) is 6.42 Å². The van der Waals surface area contributed by atoms with E-state index in [1.165, 1.54) is 0 Å². The zero-order chi connectivity index (χ0) is 8.10. The van der Waals surface area contributed by atoms with Gasteiger partial charge in [0.25, 0.3) is 0 Å². The highest BCUT2D eigenvalue weighted by Crippen LogP contribution is 2.13. The van der Waals surface area contributed by atoms with Gasteiger partial charge in [-0.25, -0.2) is 0 Å². The Morgan fingerprint density at radius 1 is 1.73 bits per heavy atom. The van der Waals surface area contributed by atoms with Crippen LogP contribution < -0.4 is 0 Å². The molecule has 0 aliphatic carbocycles. The lowest BCUT2D eigenvalue weighted by Gasteiger charge is -2.07. The third kappa shape index (κ3) is 2.86. The molecule has 1 fully saturated rings. The van der Waals surface area contributed by atoms with Crippen molar-refractivity contribution in [2.45, 2.75) is 18.9 Å². The van der Waals surface area contributed by atoms with Crippen LogP contribution in [0.15, 0.2) is 0 Å². The van der Waals surface area contributed by atoms with Crippen LogP contribution in [0.3, 0.4) is 0 Å². The molecule has 0 aromatic heterocycles. The van der Waals surface area contributed by atoms with Crippen molar-refractivity contribution < 1.29 is 19.4 Å². The summed E-state index contributed by atoms with van der Waals surface area (Å²) in [6.07, 6.45) is 1.14. The molecule has 0 spiro atoms. The lowest BCUT2D eigenvalue weighted by Crippen LogP contribution is -2.16. The van der Waals surface area contributed by atoms with Gasteiger partial charge in [-0.2, -0.15) is 0 Å². The Morgan fingerprint density at radius 3 is 3.09 bits per heavy atom. The summed E-state index contributed by atoms with van der Waals surface area (Å²) in [5.74, 6) is -0.150. The molecule has 1 unspecified atom stereocenters. The van der Waals surface area contributed by atoms with Gasteiger partial charge >= 0.3 is 5.97 Å². The van der Waals surface area contributed by atoms with E-state index in [1.54, 1.807) is 0 Å². The third-order valence-electron chi connectivity index (χ3n) is 1.51. The van der Waals surface area contributed by atoms with Gasteiger partial charge in [0.1, 0.15) is 6.10 Å². The molecule has 1 aliphatic rings. The predicted molar refractivity (Wildman–Crippen MR) is 37.0 cm³/mol. The lowest BCUT2D eigenvalue weighted by atomic mass is 10.2. The minimum Gasteiger partial charge on any atom is -0.460 e. The first-order valence-electron chi connectivity index (χ1n) is 3.71. The van der Waals surface area contributed by atoms with E-state index in [1.807, 2.05) is 0 Å². The molecule has 0 radical (unpaired) electrons. The fraction of sp³-hybridized carbons (Fsp3) is 0.857. The maximum atomic E-state index is 10.6.